The smallest absolute Gasteiger partial charge is 0.410 e. The Labute approximate surface area is 105 Å². The van der Waals surface area contributed by atoms with Gasteiger partial charge in [-0.25, -0.2) is 4.79 Å². The van der Waals surface area contributed by atoms with E-state index in [2.05, 4.69) is 0 Å². The number of carbonyl (C=O) groups is 1. The van der Waals surface area contributed by atoms with E-state index < -0.39 is 0 Å². The zero-order chi connectivity index (χ0) is 12.9. The summed E-state index contributed by atoms with van der Waals surface area (Å²) in [6.45, 7) is 4.20. The Kier molecular flexibility index (Phi) is 2.20. The molecule has 3 rings (SSSR count). The Balaban J connectivity index is 1.98. The highest BCUT2D eigenvalue weighted by atomic mass is 16.7. The average Bonchev–Trinajstić information content (AvgIpc) is 2.87. The van der Waals surface area contributed by atoms with Gasteiger partial charge in [-0.3, -0.25) is 0 Å². The van der Waals surface area contributed by atoms with Gasteiger partial charge < -0.3 is 19.1 Å². The Morgan fingerprint density at radius 3 is 2.67 bits per heavy atom. The molecule has 2 aliphatic heterocycles. The van der Waals surface area contributed by atoms with Crippen molar-refractivity contribution in [3.05, 3.63) is 23.8 Å². The van der Waals surface area contributed by atoms with Gasteiger partial charge in [-0.2, -0.15) is 0 Å². The third-order valence-electron chi connectivity index (χ3n) is 3.70. The summed E-state index contributed by atoms with van der Waals surface area (Å²) in [5.41, 5.74) is 0.534. The van der Waals surface area contributed by atoms with E-state index in [0.717, 1.165) is 11.3 Å². The first-order valence-electron chi connectivity index (χ1n) is 5.84. The number of hydrogen-bond acceptors (Lipinski definition) is 4. The molecule has 0 spiro atoms. The quantitative estimate of drug-likeness (QED) is 0.766. The molecule has 1 saturated heterocycles. The van der Waals surface area contributed by atoms with Crippen LogP contribution in [0.3, 0.4) is 0 Å². The minimum atomic E-state index is -0.384. The maximum atomic E-state index is 11.7. The van der Waals surface area contributed by atoms with Crippen molar-refractivity contribution in [1.29, 1.82) is 0 Å². The highest BCUT2D eigenvalue weighted by Gasteiger charge is 2.47. The van der Waals surface area contributed by atoms with Gasteiger partial charge >= 0.3 is 6.09 Å². The normalized spacial score (nSPS) is 24.3. The second-order valence-corrected chi connectivity index (χ2v) is 5.09. The topological polar surface area (TPSA) is 48.0 Å². The molecule has 1 amide bonds. The van der Waals surface area contributed by atoms with Crippen LogP contribution in [0.4, 0.5) is 4.79 Å². The van der Waals surface area contributed by atoms with Gasteiger partial charge in [0.05, 0.1) is 5.54 Å². The lowest BCUT2D eigenvalue weighted by Crippen LogP contribution is -2.40. The van der Waals surface area contributed by atoms with Crippen LogP contribution in [0.2, 0.25) is 0 Å². The van der Waals surface area contributed by atoms with E-state index in [1.54, 1.807) is 11.9 Å². The third kappa shape index (κ3) is 1.43. The highest BCUT2D eigenvalue weighted by molar-refractivity contribution is 5.71. The number of hydrogen-bond donors (Lipinski definition) is 0. The van der Waals surface area contributed by atoms with E-state index in [1.165, 1.54) is 0 Å². The van der Waals surface area contributed by atoms with Crippen molar-refractivity contribution in [1.82, 2.24) is 4.90 Å². The summed E-state index contributed by atoms with van der Waals surface area (Å²) in [6, 6.07) is 5.63. The van der Waals surface area contributed by atoms with Crippen LogP contribution in [0.25, 0.3) is 0 Å². The largest absolute Gasteiger partial charge is 0.454 e. The van der Waals surface area contributed by atoms with Crippen molar-refractivity contribution in [3.8, 4) is 11.5 Å². The first-order chi connectivity index (χ1) is 8.50. The molecule has 0 aromatic heterocycles. The SMILES string of the molecule is CN1C(=O)OC(c2ccc3c(c2)OCO3)C1(C)C. The van der Waals surface area contributed by atoms with Gasteiger partial charge in [0.1, 0.15) is 0 Å². The number of amides is 1. The zero-order valence-corrected chi connectivity index (χ0v) is 10.6. The van der Waals surface area contributed by atoms with E-state index >= 15 is 0 Å². The lowest BCUT2D eigenvalue weighted by atomic mass is 9.91. The number of cyclic esters (lactones) is 1. The molecule has 2 heterocycles. The fourth-order valence-electron chi connectivity index (χ4n) is 2.29. The number of rotatable bonds is 1. The summed E-state index contributed by atoms with van der Waals surface area (Å²) in [7, 11) is 1.75. The van der Waals surface area contributed by atoms with Gasteiger partial charge in [0.15, 0.2) is 17.6 Å². The minimum Gasteiger partial charge on any atom is -0.454 e. The fourth-order valence-corrected chi connectivity index (χ4v) is 2.29. The summed E-state index contributed by atoms with van der Waals surface area (Å²) in [5.74, 6) is 1.43. The van der Waals surface area contributed by atoms with Crippen LogP contribution in [0, 0.1) is 0 Å². The first-order valence-corrected chi connectivity index (χ1v) is 5.84. The van der Waals surface area contributed by atoms with Crippen molar-refractivity contribution >= 4 is 6.09 Å². The number of nitrogens with zero attached hydrogens (tertiary/aromatic N) is 1. The summed E-state index contributed by atoms with van der Waals surface area (Å²) >= 11 is 0. The van der Waals surface area contributed by atoms with Gasteiger partial charge in [-0.15, -0.1) is 0 Å². The molecule has 0 aliphatic carbocycles. The van der Waals surface area contributed by atoms with Crippen molar-refractivity contribution in [2.24, 2.45) is 0 Å². The predicted molar refractivity (Wildman–Crippen MR) is 63.6 cm³/mol. The number of likely N-dealkylation sites (N-methyl/N-ethyl adjacent to an activating group) is 1. The van der Waals surface area contributed by atoms with Gasteiger partial charge in [0.25, 0.3) is 0 Å². The predicted octanol–water partition coefficient (Wildman–Crippen LogP) is 2.32. The third-order valence-corrected chi connectivity index (χ3v) is 3.70. The Morgan fingerprint density at radius 2 is 2.00 bits per heavy atom. The maximum Gasteiger partial charge on any atom is 0.410 e. The molecule has 0 bridgehead atoms. The van der Waals surface area contributed by atoms with E-state index in [-0.39, 0.29) is 24.5 Å². The molecule has 0 radical (unpaired) electrons. The molecule has 1 aromatic carbocycles. The highest BCUT2D eigenvalue weighted by Crippen LogP contribution is 2.43. The van der Waals surface area contributed by atoms with E-state index in [9.17, 15) is 4.79 Å². The number of ether oxygens (including phenoxy) is 3. The second-order valence-electron chi connectivity index (χ2n) is 5.09. The van der Waals surface area contributed by atoms with Crippen LogP contribution >= 0.6 is 0 Å². The van der Waals surface area contributed by atoms with Crippen molar-refractivity contribution in [2.45, 2.75) is 25.5 Å². The summed E-state index contributed by atoms with van der Waals surface area (Å²) in [5, 5.41) is 0. The molecular formula is C13H15NO4. The Bertz CT molecular complexity index is 512. The molecule has 1 unspecified atom stereocenters. The van der Waals surface area contributed by atoms with Crippen LogP contribution in [0.5, 0.6) is 11.5 Å². The van der Waals surface area contributed by atoms with Crippen LogP contribution in [0.1, 0.15) is 25.5 Å². The Morgan fingerprint density at radius 1 is 1.28 bits per heavy atom. The van der Waals surface area contributed by atoms with Crippen molar-refractivity contribution in [2.75, 3.05) is 13.8 Å². The first kappa shape index (κ1) is 11.2. The van der Waals surface area contributed by atoms with E-state index in [4.69, 9.17) is 14.2 Å². The molecule has 0 saturated carbocycles. The monoisotopic (exact) mass is 249 g/mol. The molecule has 96 valence electrons. The van der Waals surface area contributed by atoms with Crippen molar-refractivity contribution < 1.29 is 19.0 Å². The van der Waals surface area contributed by atoms with Gasteiger partial charge in [-0.05, 0) is 31.5 Å². The Hall–Kier alpha value is -1.91. The molecular weight excluding hydrogens is 234 g/mol. The lowest BCUT2D eigenvalue weighted by molar-refractivity contribution is 0.116. The summed E-state index contributed by atoms with van der Waals surface area (Å²) in [6.07, 6.45) is -0.604. The maximum absolute atomic E-state index is 11.7. The standard InChI is InChI=1S/C13H15NO4/c1-13(2)11(18-12(15)14(13)3)8-4-5-9-10(6-8)17-7-16-9/h4-6,11H,7H2,1-3H3. The van der Waals surface area contributed by atoms with Gasteiger partial charge in [0.2, 0.25) is 6.79 Å². The van der Waals surface area contributed by atoms with Crippen LogP contribution in [-0.4, -0.2) is 30.4 Å². The van der Waals surface area contributed by atoms with Gasteiger partial charge in [0, 0.05) is 7.05 Å². The molecule has 1 aromatic rings. The fraction of sp³-hybridized carbons (Fsp3) is 0.462. The molecule has 2 aliphatic rings. The minimum absolute atomic E-state index is 0.243. The van der Waals surface area contributed by atoms with Crippen LogP contribution in [0.15, 0.2) is 18.2 Å². The molecule has 18 heavy (non-hydrogen) atoms. The zero-order valence-electron chi connectivity index (χ0n) is 10.6. The summed E-state index contributed by atoms with van der Waals surface area (Å²) < 4.78 is 16.0. The number of benzene rings is 1. The van der Waals surface area contributed by atoms with E-state index in [0.29, 0.717) is 5.75 Å². The van der Waals surface area contributed by atoms with E-state index in [1.807, 2.05) is 32.0 Å². The molecule has 5 heteroatoms. The number of carbonyl (C=O) groups excluding carboxylic acids is 1. The molecule has 0 N–H and O–H groups in total. The van der Waals surface area contributed by atoms with Crippen LogP contribution in [-0.2, 0) is 4.74 Å². The second kappa shape index (κ2) is 3.54. The lowest BCUT2D eigenvalue weighted by Gasteiger charge is -2.29. The molecule has 1 atom stereocenters. The summed E-state index contributed by atoms with van der Waals surface area (Å²) in [4.78, 5) is 13.3. The van der Waals surface area contributed by atoms with Crippen molar-refractivity contribution in [3.63, 3.8) is 0 Å². The molecule has 5 nitrogen and oxygen atoms in total. The molecule has 1 fully saturated rings. The number of fused-ring (bicyclic) bond motifs is 1. The van der Waals surface area contributed by atoms with Crippen LogP contribution < -0.4 is 9.47 Å². The van der Waals surface area contributed by atoms with Gasteiger partial charge in [-0.1, -0.05) is 6.07 Å². The average molecular weight is 249 g/mol.